The van der Waals surface area contributed by atoms with Crippen molar-refractivity contribution in [3.05, 3.63) is 0 Å². The van der Waals surface area contributed by atoms with Gasteiger partial charge >= 0.3 is 0 Å². The summed E-state index contributed by atoms with van der Waals surface area (Å²) < 4.78 is 0. The van der Waals surface area contributed by atoms with Gasteiger partial charge in [-0.3, -0.25) is 0 Å². The van der Waals surface area contributed by atoms with Gasteiger partial charge in [0, 0.05) is 19.6 Å². The lowest BCUT2D eigenvalue weighted by Crippen LogP contribution is -2.34. The van der Waals surface area contributed by atoms with Crippen LogP contribution in [0, 0.1) is 5.92 Å². The fraction of sp³-hybridized carbons (Fsp3) is 0.846. The Bertz CT molecular complexity index is 362. The highest BCUT2D eigenvalue weighted by atomic mass is 15.4. The highest BCUT2D eigenvalue weighted by molar-refractivity contribution is 5.32. The average molecular weight is 268 g/mol. The number of rotatable bonds is 8. The molecule has 1 heterocycles. The van der Waals surface area contributed by atoms with Crippen LogP contribution in [-0.4, -0.2) is 53.3 Å². The molecule has 0 fully saturated rings. The van der Waals surface area contributed by atoms with E-state index in [1.54, 1.807) is 0 Å². The summed E-state index contributed by atoms with van der Waals surface area (Å²) in [6, 6.07) is 0.553. The summed E-state index contributed by atoms with van der Waals surface area (Å²) in [7, 11) is 4.18. The summed E-state index contributed by atoms with van der Waals surface area (Å²) >= 11 is 0. The zero-order valence-electron chi connectivity index (χ0n) is 12.8. The van der Waals surface area contributed by atoms with Crippen LogP contribution in [0.1, 0.15) is 33.6 Å². The van der Waals surface area contributed by atoms with Gasteiger partial charge in [0.25, 0.3) is 0 Å². The molecule has 1 atom stereocenters. The molecule has 0 bridgehead atoms. The van der Waals surface area contributed by atoms with Crippen LogP contribution >= 0.6 is 0 Å². The van der Waals surface area contributed by atoms with Gasteiger partial charge in [-0.25, -0.2) is 5.10 Å². The Morgan fingerprint density at radius 3 is 2.37 bits per heavy atom. The number of hydrogen-bond acceptors (Lipinski definition) is 5. The first kappa shape index (κ1) is 15.8. The van der Waals surface area contributed by atoms with Gasteiger partial charge in [-0.15, -0.1) is 5.10 Å². The molecule has 0 aliphatic carbocycles. The molecule has 0 spiro atoms. The summed E-state index contributed by atoms with van der Waals surface area (Å²) in [4.78, 5) is 8.56. The lowest BCUT2D eigenvalue weighted by molar-refractivity contribution is 0.234. The Kier molecular flexibility index (Phi) is 6.08. The maximum atomic E-state index is 5.52. The van der Waals surface area contributed by atoms with Gasteiger partial charge in [0.1, 0.15) is 0 Å². The Balaban J connectivity index is 2.31. The van der Waals surface area contributed by atoms with E-state index in [0.29, 0.717) is 17.9 Å². The quantitative estimate of drug-likeness (QED) is 0.749. The minimum atomic E-state index is 0.365. The number of hydrogen-bond donors (Lipinski definition) is 2. The fourth-order valence-electron chi connectivity index (χ4n) is 1.82. The van der Waals surface area contributed by atoms with E-state index in [9.17, 15) is 0 Å². The monoisotopic (exact) mass is 268 g/mol. The van der Waals surface area contributed by atoms with Crippen molar-refractivity contribution in [1.29, 1.82) is 0 Å². The van der Waals surface area contributed by atoms with Crippen molar-refractivity contribution in [3.8, 4) is 0 Å². The Morgan fingerprint density at radius 1 is 1.16 bits per heavy atom. The van der Waals surface area contributed by atoms with Gasteiger partial charge in [0.2, 0.25) is 11.9 Å². The van der Waals surface area contributed by atoms with E-state index in [1.165, 1.54) is 6.42 Å². The van der Waals surface area contributed by atoms with E-state index in [1.807, 2.05) is 11.9 Å². The number of anilines is 2. The van der Waals surface area contributed by atoms with Crippen molar-refractivity contribution < 1.29 is 0 Å². The van der Waals surface area contributed by atoms with E-state index in [4.69, 9.17) is 5.73 Å². The van der Waals surface area contributed by atoms with Crippen LogP contribution < -0.4 is 10.6 Å². The molecule has 0 radical (unpaired) electrons. The molecular weight excluding hydrogens is 240 g/mol. The van der Waals surface area contributed by atoms with E-state index < -0.39 is 0 Å². The average Bonchev–Trinajstić information content (AvgIpc) is 2.79. The van der Waals surface area contributed by atoms with Gasteiger partial charge in [0.15, 0.2) is 0 Å². The standard InChI is InChI=1S/C13H28N6/c1-10(2)6-8-18(4)11(3)7-9-19(5)13-15-12(14)16-17-13/h10-11H,6-9H2,1-5H3,(H3,14,15,16,17). The Labute approximate surface area is 116 Å². The van der Waals surface area contributed by atoms with Gasteiger partial charge < -0.3 is 15.5 Å². The molecule has 0 aliphatic rings. The van der Waals surface area contributed by atoms with Crippen molar-refractivity contribution in [2.45, 2.75) is 39.7 Å². The van der Waals surface area contributed by atoms with Crippen LogP contribution in [0.25, 0.3) is 0 Å². The molecule has 0 amide bonds. The third-order valence-corrected chi connectivity index (χ3v) is 3.53. The lowest BCUT2D eigenvalue weighted by Gasteiger charge is -2.27. The molecule has 6 heteroatoms. The lowest BCUT2D eigenvalue weighted by atomic mass is 10.1. The first-order chi connectivity index (χ1) is 8.90. The summed E-state index contributed by atoms with van der Waals surface area (Å²) in [5, 5.41) is 6.71. The summed E-state index contributed by atoms with van der Waals surface area (Å²) in [5.74, 6) is 1.78. The zero-order valence-corrected chi connectivity index (χ0v) is 12.8. The van der Waals surface area contributed by atoms with Gasteiger partial charge in [0.05, 0.1) is 0 Å². The van der Waals surface area contributed by atoms with Crippen LogP contribution in [-0.2, 0) is 0 Å². The van der Waals surface area contributed by atoms with E-state index in [2.05, 4.69) is 47.9 Å². The number of nitrogens with two attached hydrogens (primary N) is 1. The van der Waals surface area contributed by atoms with Crippen LogP contribution in [0.2, 0.25) is 0 Å². The summed E-state index contributed by atoms with van der Waals surface area (Å²) in [6.07, 6.45) is 2.33. The smallest absolute Gasteiger partial charge is 0.246 e. The molecular formula is C13H28N6. The highest BCUT2D eigenvalue weighted by Gasteiger charge is 2.12. The SMILES string of the molecule is CC(C)CCN(C)C(C)CCN(C)c1n[nH]c(N)n1. The van der Waals surface area contributed by atoms with E-state index in [-0.39, 0.29) is 0 Å². The largest absolute Gasteiger partial charge is 0.368 e. The second kappa shape index (κ2) is 7.33. The number of nitrogens with zero attached hydrogens (tertiary/aromatic N) is 4. The fourth-order valence-corrected chi connectivity index (χ4v) is 1.82. The van der Waals surface area contributed by atoms with Crippen molar-refractivity contribution in [1.82, 2.24) is 20.1 Å². The molecule has 19 heavy (non-hydrogen) atoms. The molecule has 0 aromatic carbocycles. The van der Waals surface area contributed by atoms with Crippen LogP contribution in [0.15, 0.2) is 0 Å². The van der Waals surface area contributed by atoms with Crippen LogP contribution in [0.3, 0.4) is 0 Å². The van der Waals surface area contributed by atoms with Crippen LogP contribution in [0.4, 0.5) is 11.9 Å². The van der Waals surface area contributed by atoms with Gasteiger partial charge in [-0.2, -0.15) is 4.98 Å². The predicted molar refractivity (Wildman–Crippen MR) is 80.2 cm³/mol. The molecule has 0 aliphatic heterocycles. The topological polar surface area (TPSA) is 74.1 Å². The second-order valence-corrected chi connectivity index (χ2v) is 5.74. The molecule has 1 aromatic heterocycles. The number of aromatic nitrogens is 3. The number of aromatic amines is 1. The third kappa shape index (κ3) is 5.46. The van der Waals surface area contributed by atoms with Crippen molar-refractivity contribution in [2.24, 2.45) is 5.92 Å². The first-order valence-electron chi connectivity index (χ1n) is 6.99. The number of H-pyrrole nitrogens is 1. The molecule has 6 nitrogen and oxygen atoms in total. The Hall–Kier alpha value is -1.30. The molecule has 1 aromatic rings. The molecule has 1 unspecified atom stereocenters. The molecule has 3 N–H and O–H groups in total. The zero-order chi connectivity index (χ0) is 14.4. The maximum absolute atomic E-state index is 5.52. The number of nitrogens with one attached hydrogen (secondary N) is 1. The molecule has 1 rings (SSSR count). The van der Waals surface area contributed by atoms with E-state index in [0.717, 1.165) is 25.4 Å². The normalized spacial score (nSPS) is 13.2. The summed E-state index contributed by atoms with van der Waals surface area (Å²) in [5.41, 5.74) is 5.52. The predicted octanol–water partition coefficient (Wildman–Crippen LogP) is 1.58. The molecule has 110 valence electrons. The minimum Gasteiger partial charge on any atom is -0.368 e. The summed E-state index contributed by atoms with van der Waals surface area (Å²) in [6.45, 7) is 8.86. The molecule has 0 saturated carbocycles. The van der Waals surface area contributed by atoms with Gasteiger partial charge in [-0.05, 0) is 39.3 Å². The highest BCUT2D eigenvalue weighted by Crippen LogP contribution is 2.10. The number of nitrogen functional groups attached to an aromatic ring is 1. The van der Waals surface area contributed by atoms with Gasteiger partial charge in [-0.1, -0.05) is 13.8 Å². The molecule has 0 saturated heterocycles. The van der Waals surface area contributed by atoms with E-state index >= 15 is 0 Å². The van der Waals surface area contributed by atoms with Crippen molar-refractivity contribution >= 4 is 11.9 Å². The second-order valence-electron chi connectivity index (χ2n) is 5.74. The van der Waals surface area contributed by atoms with Crippen molar-refractivity contribution in [3.63, 3.8) is 0 Å². The van der Waals surface area contributed by atoms with Crippen molar-refractivity contribution in [2.75, 3.05) is 37.8 Å². The minimum absolute atomic E-state index is 0.365. The first-order valence-corrected chi connectivity index (χ1v) is 6.99. The Morgan fingerprint density at radius 2 is 1.84 bits per heavy atom. The maximum Gasteiger partial charge on any atom is 0.246 e. The van der Waals surface area contributed by atoms with Crippen LogP contribution in [0.5, 0.6) is 0 Å². The third-order valence-electron chi connectivity index (χ3n) is 3.53.